The molecule has 0 aliphatic heterocycles. The SMILES string of the molecule is CCCOC(C(=O)O)C(C)CCC. The lowest BCUT2D eigenvalue weighted by atomic mass is 9.99. The molecule has 0 amide bonds. The number of carboxylic acid groups (broad SMARTS) is 1. The first-order valence-corrected chi connectivity index (χ1v) is 4.97. The molecule has 0 aliphatic carbocycles. The Kier molecular flexibility index (Phi) is 6.59. The molecular formula is C10H20O3. The number of rotatable bonds is 7. The maximum Gasteiger partial charge on any atom is 0.333 e. The van der Waals surface area contributed by atoms with E-state index in [9.17, 15) is 4.79 Å². The van der Waals surface area contributed by atoms with Crippen LogP contribution in [0.3, 0.4) is 0 Å². The molecule has 13 heavy (non-hydrogen) atoms. The molecule has 0 saturated carbocycles. The molecule has 0 spiro atoms. The monoisotopic (exact) mass is 188 g/mol. The minimum Gasteiger partial charge on any atom is -0.479 e. The maximum absolute atomic E-state index is 10.8. The van der Waals surface area contributed by atoms with Crippen LogP contribution >= 0.6 is 0 Å². The number of aliphatic carboxylic acids is 1. The van der Waals surface area contributed by atoms with Crippen LogP contribution in [0.25, 0.3) is 0 Å². The van der Waals surface area contributed by atoms with Gasteiger partial charge in [0.05, 0.1) is 0 Å². The summed E-state index contributed by atoms with van der Waals surface area (Å²) in [5.41, 5.74) is 0. The lowest BCUT2D eigenvalue weighted by Gasteiger charge is -2.19. The van der Waals surface area contributed by atoms with Crippen LogP contribution in [0.4, 0.5) is 0 Å². The van der Waals surface area contributed by atoms with E-state index in [1.165, 1.54) is 0 Å². The Morgan fingerprint density at radius 1 is 1.38 bits per heavy atom. The first-order chi connectivity index (χ1) is 6.13. The van der Waals surface area contributed by atoms with Crippen molar-refractivity contribution in [2.75, 3.05) is 6.61 Å². The molecule has 0 rings (SSSR count). The molecule has 0 aromatic heterocycles. The highest BCUT2D eigenvalue weighted by Crippen LogP contribution is 2.14. The predicted molar refractivity (Wildman–Crippen MR) is 51.7 cm³/mol. The van der Waals surface area contributed by atoms with Gasteiger partial charge in [0.2, 0.25) is 0 Å². The molecule has 0 aliphatic rings. The van der Waals surface area contributed by atoms with Gasteiger partial charge < -0.3 is 9.84 Å². The second kappa shape index (κ2) is 6.89. The van der Waals surface area contributed by atoms with Gasteiger partial charge >= 0.3 is 5.97 Å². The van der Waals surface area contributed by atoms with Crippen molar-refractivity contribution in [2.45, 2.75) is 46.1 Å². The molecule has 2 atom stereocenters. The smallest absolute Gasteiger partial charge is 0.333 e. The molecule has 0 saturated heterocycles. The Bertz CT molecular complexity index is 145. The summed E-state index contributed by atoms with van der Waals surface area (Å²) in [6.45, 7) is 6.49. The number of ether oxygens (including phenoxy) is 1. The summed E-state index contributed by atoms with van der Waals surface area (Å²) < 4.78 is 5.27. The van der Waals surface area contributed by atoms with Crippen molar-refractivity contribution in [3.63, 3.8) is 0 Å². The molecule has 0 fully saturated rings. The van der Waals surface area contributed by atoms with Gasteiger partial charge in [0.15, 0.2) is 6.10 Å². The Balaban J connectivity index is 3.99. The van der Waals surface area contributed by atoms with Crippen molar-refractivity contribution >= 4 is 5.97 Å². The lowest BCUT2D eigenvalue weighted by Crippen LogP contribution is -2.31. The van der Waals surface area contributed by atoms with Gasteiger partial charge in [0.25, 0.3) is 0 Å². The third-order valence-corrected chi connectivity index (χ3v) is 2.01. The average Bonchev–Trinajstić information content (AvgIpc) is 2.05. The molecule has 0 bridgehead atoms. The standard InChI is InChI=1S/C10H20O3/c1-4-6-8(3)9(10(11)12)13-7-5-2/h8-9H,4-7H2,1-3H3,(H,11,12). The second-order valence-electron chi connectivity index (χ2n) is 3.40. The fraction of sp³-hybridized carbons (Fsp3) is 0.900. The Morgan fingerprint density at radius 2 is 2.00 bits per heavy atom. The molecule has 1 N–H and O–H groups in total. The molecular weight excluding hydrogens is 168 g/mol. The Labute approximate surface area is 80.1 Å². The summed E-state index contributed by atoms with van der Waals surface area (Å²) in [7, 11) is 0. The number of carboxylic acids is 1. The molecule has 0 heterocycles. The number of hydrogen-bond acceptors (Lipinski definition) is 2. The van der Waals surface area contributed by atoms with Gasteiger partial charge in [0.1, 0.15) is 0 Å². The summed E-state index contributed by atoms with van der Waals surface area (Å²) in [6.07, 6.45) is 2.14. The summed E-state index contributed by atoms with van der Waals surface area (Å²) in [5, 5.41) is 8.87. The van der Waals surface area contributed by atoms with Gasteiger partial charge in [-0.15, -0.1) is 0 Å². The summed E-state index contributed by atoms with van der Waals surface area (Å²) in [4.78, 5) is 10.8. The maximum atomic E-state index is 10.8. The van der Waals surface area contributed by atoms with E-state index in [1.54, 1.807) is 0 Å². The average molecular weight is 188 g/mol. The molecule has 0 aromatic rings. The van der Waals surface area contributed by atoms with Crippen LogP contribution in [0.2, 0.25) is 0 Å². The van der Waals surface area contributed by atoms with Crippen molar-refractivity contribution in [3.8, 4) is 0 Å². The van der Waals surface area contributed by atoms with E-state index in [-0.39, 0.29) is 5.92 Å². The zero-order valence-electron chi connectivity index (χ0n) is 8.75. The van der Waals surface area contributed by atoms with Gasteiger partial charge in [-0.1, -0.05) is 27.2 Å². The topological polar surface area (TPSA) is 46.5 Å². The molecule has 0 radical (unpaired) electrons. The predicted octanol–water partition coefficient (Wildman–Crippen LogP) is 2.30. The van der Waals surface area contributed by atoms with Crippen LogP contribution in [0.5, 0.6) is 0 Å². The molecule has 78 valence electrons. The fourth-order valence-electron chi connectivity index (χ4n) is 1.33. The molecule has 0 aromatic carbocycles. The van der Waals surface area contributed by atoms with Crippen molar-refractivity contribution in [3.05, 3.63) is 0 Å². The van der Waals surface area contributed by atoms with Gasteiger partial charge in [-0.3, -0.25) is 0 Å². The molecule has 3 nitrogen and oxygen atoms in total. The van der Waals surface area contributed by atoms with Crippen LogP contribution in [-0.4, -0.2) is 23.8 Å². The van der Waals surface area contributed by atoms with Crippen molar-refractivity contribution in [1.82, 2.24) is 0 Å². The zero-order valence-corrected chi connectivity index (χ0v) is 8.75. The van der Waals surface area contributed by atoms with E-state index in [4.69, 9.17) is 9.84 Å². The van der Waals surface area contributed by atoms with E-state index in [1.807, 2.05) is 13.8 Å². The van der Waals surface area contributed by atoms with E-state index in [0.717, 1.165) is 19.3 Å². The van der Waals surface area contributed by atoms with Gasteiger partial charge in [-0.05, 0) is 18.8 Å². The fourth-order valence-corrected chi connectivity index (χ4v) is 1.33. The van der Waals surface area contributed by atoms with E-state index >= 15 is 0 Å². The van der Waals surface area contributed by atoms with E-state index in [2.05, 4.69) is 6.92 Å². The highest BCUT2D eigenvalue weighted by atomic mass is 16.5. The third-order valence-electron chi connectivity index (χ3n) is 2.01. The van der Waals surface area contributed by atoms with Crippen LogP contribution in [0.15, 0.2) is 0 Å². The van der Waals surface area contributed by atoms with Crippen LogP contribution in [0.1, 0.15) is 40.0 Å². The van der Waals surface area contributed by atoms with Gasteiger partial charge in [-0.2, -0.15) is 0 Å². The van der Waals surface area contributed by atoms with Crippen molar-refractivity contribution in [2.24, 2.45) is 5.92 Å². The van der Waals surface area contributed by atoms with Crippen molar-refractivity contribution < 1.29 is 14.6 Å². The van der Waals surface area contributed by atoms with Crippen LogP contribution in [-0.2, 0) is 9.53 Å². The quantitative estimate of drug-likeness (QED) is 0.666. The summed E-state index contributed by atoms with van der Waals surface area (Å²) in [6, 6.07) is 0. The minimum atomic E-state index is -0.839. The molecule has 2 unspecified atom stereocenters. The van der Waals surface area contributed by atoms with E-state index < -0.39 is 12.1 Å². The zero-order chi connectivity index (χ0) is 10.3. The minimum absolute atomic E-state index is 0.106. The second-order valence-corrected chi connectivity index (χ2v) is 3.40. The first kappa shape index (κ1) is 12.4. The highest BCUT2D eigenvalue weighted by molar-refractivity contribution is 5.72. The first-order valence-electron chi connectivity index (χ1n) is 4.97. The Hall–Kier alpha value is -0.570. The highest BCUT2D eigenvalue weighted by Gasteiger charge is 2.24. The Morgan fingerprint density at radius 3 is 2.38 bits per heavy atom. The summed E-state index contributed by atoms with van der Waals surface area (Å²) >= 11 is 0. The largest absolute Gasteiger partial charge is 0.479 e. The van der Waals surface area contributed by atoms with Gasteiger partial charge in [-0.25, -0.2) is 4.79 Å². The van der Waals surface area contributed by atoms with Gasteiger partial charge in [0, 0.05) is 6.61 Å². The van der Waals surface area contributed by atoms with E-state index in [0.29, 0.717) is 6.61 Å². The third kappa shape index (κ3) is 4.88. The normalized spacial score (nSPS) is 15.3. The van der Waals surface area contributed by atoms with Crippen LogP contribution < -0.4 is 0 Å². The van der Waals surface area contributed by atoms with Crippen LogP contribution in [0, 0.1) is 5.92 Å². The lowest BCUT2D eigenvalue weighted by molar-refractivity contribution is -0.154. The molecule has 3 heteroatoms. The number of carbonyl (C=O) groups is 1. The van der Waals surface area contributed by atoms with Crippen molar-refractivity contribution in [1.29, 1.82) is 0 Å². The number of hydrogen-bond donors (Lipinski definition) is 1. The summed E-state index contributed by atoms with van der Waals surface area (Å²) in [5.74, 6) is -0.733.